The number of rotatable bonds is 4. The largest absolute Gasteiger partial charge is 0.409 e. The van der Waals surface area contributed by atoms with E-state index in [0.717, 1.165) is 16.3 Å². The number of fused-ring (bicyclic) bond motifs is 1. The molecule has 6 nitrogen and oxygen atoms in total. The smallest absolute Gasteiger partial charge is 0.339 e. The predicted molar refractivity (Wildman–Crippen MR) is 95.5 cm³/mol. The standard InChI is InChI=1S/C18H16N2O4S/c1-12-2-8-17(9-3-12)25(22,23)24-16-7-6-13-10-15(18(19)20-21)5-4-14(13)11-16/h2-11,21H,1H3,(H2,19,20). The van der Waals surface area contributed by atoms with Gasteiger partial charge in [-0.05, 0) is 48.0 Å². The summed E-state index contributed by atoms with van der Waals surface area (Å²) in [6.45, 7) is 1.88. The second kappa shape index (κ2) is 6.45. The van der Waals surface area contributed by atoms with Gasteiger partial charge in [-0.25, -0.2) is 0 Å². The quantitative estimate of drug-likeness (QED) is 0.246. The molecule has 0 aliphatic carbocycles. The van der Waals surface area contributed by atoms with E-state index in [1.54, 1.807) is 48.5 Å². The van der Waals surface area contributed by atoms with Gasteiger partial charge in [0.05, 0.1) is 0 Å². The molecule has 0 fully saturated rings. The van der Waals surface area contributed by atoms with Crippen molar-refractivity contribution in [3.8, 4) is 5.75 Å². The lowest BCUT2D eigenvalue weighted by molar-refractivity contribution is 0.318. The molecular formula is C18H16N2O4S. The molecule has 0 amide bonds. The normalized spacial score (nSPS) is 12.3. The van der Waals surface area contributed by atoms with Crippen LogP contribution < -0.4 is 9.92 Å². The van der Waals surface area contributed by atoms with Gasteiger partial charge in [0.25, 0.3) is 0 Å². The first-order chi connectivity index (χ1) is 11.9. The first-order valence-corrected chi connectivity index (χ1v) is 8.83. The fourth-order valence-electron chi connectivity index (χ4n) is 2.37. The zero-order chi connectivity index (χ0) is 18.0. The lowest BCUT2D eigenvalue weighted by Gasteiger charge is -2.09. The van der Waals surface area contributed by atoms with E-state index in [1.807, 2.05) is 6.92 Å². The summed E-state index contributed by atoms with van der Waals surface area (Å²) < 4.78 is 29.9. The van der Waals surface area contributed by atoms with Crippen molar-refractivity contribution in [3.63, 3.8) is 0 Å². The van der Waals surface area contributed by atoms with E-state index in [2.05, 4.69) is 5.16 Å². The highest BCUT2D eigenvalue weighted by Crippen LogP contribution is 2.25. The third-order valence-electron chi connectivity index (χ3n) is 3.73. The maximum absolute atomic E-state index is 12.3. The van der Waals surface area contributed by atoms with Gasteiger partial charge >= 0.3 is 10.1 Å². The highest BCUT2D eigenvalue weighted by atomic mass is 32.2. The van der Waals surface area contributed by atoms with E-state index in [4.69, 9.17) is 15.1 Å². The van der Waals surface area contributed by atoms with Crippen LogP contribution in [0.15, 0.2) is 70.7 Å². The van der Waals surface area contributed by atoms with Crippen LogP contribution in [0.25, 0.3) is 10.8 Å². The third-order valence-corrected chi connectivity index (χ3v) is 4.99. The molecule has 0 aromatic heterocycles. The average Bonchev–Trinajstić information content (AvgIpc) is 2.60. The fourth-order valence-corrected chi connectivity index (χ4v) is 3.30. The van der Waals surface area contributed by atoms with E-state index >= 15 is 0 Å². The Labute approximate surface area is 145 Å². The summed E-state index contributed by atoms with van der Waals surface area (Å²) in [6, 6.07) is 16.5. The van der Waals surface area contributed by atoms with Crippen molar-refractivity contribution in [3.05, 3.63) is 71.8 Å². The number of amidine groups is 1. The Bertz CT molecular complexity index is 1060. The number of benzene rings is 3. The van der Waals surface area contributed by atoms with Crippen molar-refractivity contribution in [1.29, 1.82) is 0 Å². The highest BCUT2D eigenvalue weighted by molar-refractivity contribution is 7.87. The topological polar surface area (TPSA) is 102 Å². The number of hydrogen-bond acceptors (Lipinski definition) is 5. The first kappa shape index (κ1) is 16.8. The zero-order valence-electron chi connectivity index (χ0n) is 13.4. The highest BCUT2D eigenvalue weighted by Gasteiger charge is 2.16. The minimum Gasteiger partial charge on any atom is -0.409 e. The van der Waals surface area contributed by atoms with E-state index in [9.17, 15) is 8.42 Å². The Morgan fingerprint density at radius 2 is 1.64 bits per heavy atom. The monoisotopic (exact) mass is 356 g/mol. The van der Waals surface area contributed by atoms with Crippen LogP contribution in [-0.4, -0.2) is 19.5 Å². The summed E-state index contributed by atoms with van der Waals surface area (Å²) in [5.41, 5.74) is 7.10. The molecule has 0 heterocycles. The Hall–Kier alpha value is -3.06. The molecule has 3 N–H and O–H groups in total. The summed E-state index contributed by atoms with van der Waals surface area (Å²) in [7, 11) is -3.90. The molecule has 0 spiro atoms. The molecule has 0 aliphatic heterocycles. The van der Waals surface area contributed by atoms with Gasteiger partial charge in [-0.3, -0.25) is 0 Å². The summed E-state index contributed by atoms with van der Waals surface area (Å²) in [6.07, 6.45) is 0. The van der Waals surface area contributed by atoms with Crippen LogP contribution in [0, 0.1) is 6.92 Å². The molecule has 0 saturated carbocycles. The number of nitrogens with zero attached hydrogens (tertiary/aromatic N) is 1. The Morgan fingerprint density at radius 1 is 1.00 bits per heavy atom. The lowest BCUT2D eigenvalue weighted by Crippen LogP contribution is -2.12. The van der Waals surface area contributed by atoms with Crippen LogP contribution in [0.2, 0.25) is 0 Å². The van der Waals surface area contributed by atoms with Gasteiger partial charge in [-0.15, -0.1) is 0 Å². The maximum Gasteiger partial charge on any atom is 0.339 e. The van der Waals surface area contributed by atoms with Gasteiger partial charge in [0.15, 0.2) is 5.84 Å². The SMILES string of the molecule is Cc1ccc(S(=O)(=O)Oc2ccc3cc(/C(N)=N\O)ccc3c2)cc1. The second-order valence-corrected chi connectivity index (χ2v) is 7.11. The fraction of sp³-hybridized carbons (Fsp3) is 0.0556. The van der Waals surface area contributed by atoms with Crippen LogP contribution in [0.1, 0.15) is 11.1 Å². The molecule has 25 heavy (non-hydrogen) atoms. The average molecular weight is 356 g/mol. The van der Waals surface area contributed by atoms with Crippen LogP contribution >= 0.6 is 0 Å². The van der Waals surface area contributed by atoms with Crippen LogP contribution in [-0.2, 0) is 10.1 Å². The minimum absolute atomic E-state index is 0.00387. The van der Waals surface area contributed by atoms with Gasteiger partial charge in [0.2, 0.25) is 0 Å². The van der Waals surface area contributed by atoms with Gasteiger partial charge in [-0.2, -0.15) is 8.42 Å². The van der Waals surface area contributed by atoms with Gasteiger partial charge in [0.1, 0.15) is 10.6 Å². The molecule has 0 bridgehead atoms. The summed E-state index contributed by atoms with van der Waals surface area (Å²) in [5.74, 6) is 0.216. The second-order valence-electron chi connectivity index (χ2n) is 5.56. The van der Waals surface area contributed by atoms with Crippen molar-refractivity contribution in [1.82, 2.24) is 0 Å². The Kier molecular flexibility index (Phi) is 4.33. The minimum atomic E-state index is -3.90. The van der Waals surface area contributed by atoms with E-state index in [0.29, 0.717) is 5.56 Å². The number of oxime groups is 1. The van der Waals surface area contributed by atoms with Crippen LogP contribution in [0.5, 0.6) is 5.75 Å². The molecule has 7 heteroatoms. The van der Waals surface area contributed by atoms with Crippen molar-refractivity contribution in [2.24, 2.45) is 10.9 Å². The molecule has 0 saturated heterocycles. The van der Waals surface area contributed by atoms with Gasteiger partial charge in [-0.1, -0.05) is 41.1 Å². The lowest BCUT2D eigenvalue weighted by atomic mass is 10.1. The molecule has 0 aliphatic rings. The van der Waals surface area contributed by atoms with E-state index in [1.165, 1.54) is 12.1 Å². The van der Waals surface area contributed by atoms with Crippen molar-refractivity contribution >= 4 is 26.7 Å². The summed E-state index contributed by atoms with van der Waals surface area (Å²) in [5, 5.41) is 13.3. The summed E-state index contributed by atoms with van der Waals surface area (Å²) in [4.78, 5) is 0.0977. The Morgan fingerprint density at radius 3 is 2.32 bits per heavy atom. The van der Waals surface area contributed by atoms with Crippen LogP contribution in [0.4, 0.5) is 0 Å². The number of hydrogen-bond donors (Lipinski definition) is 2. The van der Waals surface area contributed by atoms with Gasteiger partial charge in [0, 0.05) is 5.56 Å². The maximum atomic E-state index is 12.3. The molecular weight excluding hydrogens is 340 g/mol. The molecule has 0 radical (unpaired) electrons. The predicted octanol–water partition coefficient (Wildman–Crippen LogP) is 3.01. The molecule has 128 valence electrons. The molecule has 3 rings (SSSR count). The Balaban J connectivity index is 1.93. The third kappa shape index (κ3) is 3.56. The molecule has 0 unspecified atom stereocenters. The van der Waals surface area contributed by atoms with Crippen molar-refractivity contribution < 1.29 is 17.8 Å². The molecule has 3 aromatic carbocycles. The first-order valence-electron chi connectivity index (χ1n) is 7.42. The van der Waals surface area contributed by atoms with Crippen LogP contribution in [0.3, 0.4) is 0 Å². The molecule has 3 aromatic rings. The van der Waals surface area contributed by atoms with E-state index in [-0.39, 0.29) is 16.5 Å². The number of nitrogens with two attached hydrogens (primary N) is 1. The number of aryl methyl sites for hydroxylation is 1. The molecule has 0 atom stereocenters. The van der Waals surface area contributed by atoms with Gasteiger partial charge < -0.3 is 15.1 Å². The summed E-state index contributed by atoms with van der Waals surface area (Å²) >= 11 is 0. The van der Waals surface area contributed by atoms with Crippen molar-refractivity contribution in [2.45, 2.75) is 11.8 Å². The van der Waals surface area contributed by atoms with E-state index < -0.39 is 10.1 Å². The zero-order valence-corrected chi connectivity index (χ0v) is 14.2. The van der Waals surface area contributed by atoms with Crippen molar-refractivity contribution in [2.75, 3.05) is 0 Å².